The molecule has 0 spiro atoms. The summed E-state index contributed by atoms with van der Waals surface area (Å²) in [5, 5.41) is 14.2. The van der Waals surface area contributed by atoms with E-state index in [-0.39, 0.29) is 30.5 Å². The lowest BCUT2D eigenvalue weighted by molar-refractivity contribution is -0.0166. The number of fused-ring (bicyclic) bond motifs is 3. The number of unbranched alkanes of at least 4 members (excludes halogenated alkanes) is 2. The Labute approximate surface area is 174 Å². The molecular formula is C25H32N2O2. The van der Waals surface area contributed by atoms with Crippen LogP contribution in [-0.4, -0.2) is 40.2 Å². The van der Waals surface area contributed by atoms with Gasteiger partial charge >= 0.3 is 0 Å². The number of hydrogen-bond donors (Lipinski definition) is 1. The number of rotatable bonds is 7. The van der Waals surface area contributed by atoms with Gasteiger partial charge in [0.1, 0.15) is 0 Å². The lowest BCUT2D eigenvalue weighted by Crippen LogP contribution is -2.48. The van der Waals surface area contributed by atoms with Crippen molar-refractivity contribution in [2.45, 2.75) is 57.5 Å². The van der Waals surface area contributed by atoms with E-state index in [0.717, 1.165) is 37.8 Å². The Kier molecular flexibility index (Phi) is 6.31. The van der Waals surface area contributed by atoms with E-state index in [1.807, 2.05) is 30.3 Å². The summed E-state index contributed by atoms with van der Waals surface area (Å²) in [5.74, 6) is 0.350. The van der Waals surface area contributed by atoms with Gasteiger partial charge in [-0.15, -0.1) is 0 Å². The number of carbonyl (C=O) groups is 1. The Morgan fingerprint density at radius 3 is 2.55 bits per heavy atom. The fourth-order valence-electron chi connectivity index (χ4n) is 5.28. The summed E-state index contributed by atoms with van der Waals surface area (Å²) in [6.07, 6.45) is 6.14. The molecule has 2 aromatic rings. The van der Waals surface area contributed by atoms with E-state index in [0.29, 0.717) is 0 Å². The first-order chi connectivity index (χ1) is 14.3. The molecule has 3 unspecified atom stereocenters. The van der Waals surface area contributed by atoms with Crippen LogP contribution in [0.1, 0.15) is 66.6 Å². The molecule has 4 rings (SSSR count). The molecule has 4 nitrogen and oxygen atoms in total. The molecule has 2 aromatic carbocycles. The Morgan fingerprint density at radius 2 is 1.79 bits per heavy atom. The number of carbonyl (C=O) groups excluding carboxylic acids is 1. The smallest absolute Gasteiger partial charge is 0.268 e. The van der Waals surface area contributed by atoms with E-state index in [2.05, 4.69) is 41.2 Å². The summed E-state index contributed by atoms with van der Waals surface area (Å²) in [6.45, 7) is 3.23. The minimum absolute atomic E-state index is 0.0944. The summed E-state index contributed by atoms with van der Waals surface area (Å²) >= 11 is 0. The van der Waals surface area contributed by atoms with Gasteiger partial charge in [-0.2, -0.15) is 0 Å². The monoisotopic (exact) mass is 392 g/mol. The van der Waals surface area contributed by atoms with Gasteiger partial charge in [-0.3, -0.25) is 9.80 Å². The SMILES string of the molecule is CCCCCC1C(CCO)C2c3ccccc3CCN2N1C(=O)c1ccccc1. The number of benzene rings is 2. The van der Waals surface area contributed by atoms with E-state index in [9.17, 15) is 9.90 Å². The largest absolute Gasteiger partial charge is 0.396 e. The van der Waals surface area contributed by atoms with Gasteiger partial charge in [-0.05, 0) is 42.5 Å². The maximum absolute atomic E-state index is 13.6. The van der Waals surface area contributed by atoms with Crippen LogP contribution in [0.2, 0.25) is 0 Å². The molecule has 0 saturated carbocycles. The number of hydrogen-bond acceptors (Lipinski definition) is 3. The van der Waals surface area contributed by atoms with Crippen LogP contribution >= 0.6 is 0 Å². The Hall–Kier alpha value is -2.17. The maximum Gasteiger partial charge on any atom is 0.268 e. The highest BCUT2D eigenvalue weighted by atomic mass is 16.3. The van der Waals surface area contributed by atoms with Gasteiger partial charge in [-0.1, -0.05) is 68.7 Å². The number of nitrogens with zero attached hydrogens (tertiary/aromatic N) is 2. The van der Waals surface area contributed by atoms with Crippen molar-refractivity contribution in [3.05, 3.63) is 71.3 Å². The van der Waals surface area contributed by atoms with Crippen LogP contribution in [0.3, 0.4) is 0 Å². The van der Waals surface area contributed by atoms with Crippen LogP contribution in [0.5, 0.6) is 0 Å². The number of amides is 1. The number of aliphatic hydroxyl groups excluding tert-OH is 1. The fraction of sp³-hybridized carbons (Fsp3) is 0.480. The predicted octanol–water partition coefficient (Wildman–Crippen LogP) is 4.60. The Balaban J connectivity index is 1.74. The van der Waals surface area contributed by atoms with Crippen molar-refractivity contribution in [3.8, 4) is 0 Å². The van der Waals surface area contributed by atoms with Crippen molar-refractivity contribution < 1.29 is 9.90 Å². The van der Waals surface area contributed by atoms with E-state index >= 15 is 0 Å². The first-order valence-corrected chi connectivity index (χ1v) is 11.1. The zero-order chi connectivity index (χ0) is 20.2. The first kappa shape index (κ1) is 20.1. The van der Waals surface area contributed by atoms with Gasteiger partial charge in [0.15, 0.2) is 0 Å². The fourth-order valence-corrected chi connectivity index (χ4v) is 5.28. The molecule has 0 aromatic heterocycles. The van der Waals surface area contributed by atoms with Crippen LogP contribution in [0, 0.1) is 5.92 Å². The van der Waals surface area contributed by atoms with Crippen molar-refractivity contribution in [2.75, 3.05) is 13.2 Å². The molecule has 0 radical (unpaired) electrons. The zero-order valence-electron chi connectivity index (χ0n) is 17.3. The molecule has 2 heterocycles. The summed E-state index contributed by atoms with van der Waals surface area (Å²) in [6, 6.07) is 18.6. The van der Waals surface area contributed by atoms with Gasteiger partial charge in [0.25, 0.3) is 5.91 Å². The van der Waals surface area contributed by atoms with Crippen molar-refractivity contribution in [2.24, 2.45) is 5.92 Å². The van der Waals surface area contributed by atoms with E-state index in [1.54, 1.807) is 0 Å². The lowest BCUT2D eigenvalue weighted by atomic mass is 9.81. The number of aliphatic hydroxyl groups is 1. The molecule has 154 valence electrons. The van der Waals surface area contributed by atoms with Crippen LogP contribution in [0.15, 0.2) is 54.6 Å². The molecular weight excluding hydrogens is 360 g/mol. The van der Waals surface area contributed by atoms with Crippen LogP contribution in [0.4, 0.5) is 0 Å². The molecule has 1 amide bonds. The highest BCUT2D eigenvalue weighted by Gasteiger charge is 2.51. The predicted molar refractivity (Wildman–Crippen MR) is 115 cm³/mol. The summed E-state index contributed by atoms with van der Waals surface area (Å²) in [7, 11) is 0. The lowest BCUT2D eigenvalue weighted by Gasteiger charge is -2.38. The average Bonchev–Trinajstić information content (AvgIpc) is 3.08. The normalized spacial score (nSPS) is 23.7. The molecule has 1 N–H and O–H groups in total. The molecule has 2 aliphatic rings. The Morgan fingerprint density at radius 1 is 1.03 bits per heavy atom. The number of hydrazine groups is 1. The topological polar surface area (TPSA) is 43.8 Å². The second kappa shape index (κ2) is 9.10. The van der Waals surface area contributed by atoms with Crippen molar-refractivity contribution in [3.63, 3.8) is 0 Å². The standard InChI is InChI=1S/C25H32N2O2/c1-2-3-5-14-23-22(16-18-28)24-21-13-9-8-10-19(21)15-17-26(24)27(23)25(29)20-11-6-4-7-12-20/h4,6-13,22-24,28H,2-3,5,14-18H2,1H3. The Bertz CT molecular complexity index is 823. The van der Waals surface area contributed by atoms with Crippen molar-refractivity contribution >= 4 is 5.91 Å². The van der Waals surface area contributed by atoms with E-state index in [4.69, 9.17) is 0 Å². The van der Waals surface area contributed by atoms with Crippen LogP contribution in [-0.2, 0) is 6.42 Å². The quantitative estimate of drug-likeness (QED) is 0.700. The minimum atomic E-state index is 0.0944. The van der Waals surface area contributed by atoms with Gasteiger partial charge in [0, 0.05) is 24.6 Å². The molecule has 0 bridgehead atoms. The van der Waals surface area contributed by atoms with Gasteiger partial charge in [0.2, 0.25) is 0 Å². The van der Waals surface area contributed by atoms with E-state index < -0.39 is 0 Å². The highest BCUT2D eigenvalue weighted by Crippen LogP contribution is 2.48. The second-order valence-electron chi connectivity index (χ2n) is 8.31. The summed E-state index contributed by atoms with van der Waals surface area (Å²) < 4.78 is 0. The van der Waals surface area contributed by atoms with Crippen LogP contribution < -0.4 is 0 Å². The average molecular weight is 393 g/mol. The molecule has 0 aliphatic carbocycles. The third-order valence-corrected chi connectivity index (χ3v) is 6.59. The first-order valence-electron chi connectivity index (χ1n) is 11.1. The third-order valence-electron chi connectivity index (χ3n) is 6.59. The molecule has 3 atom stereocenters. The third kappa shape index (κ3) is 3.84. The molecule has 29 heavy (non-hydrogen) atoms. The van der Waals surface area contributed by atoms with Crippen molar-refractivity contribution in [1.82, 2.24) is 10.0 Å². The summed E-state index contributed by atoms with van der Waals surface area (Å²) in [4.78, 5) is 13.6. The van der Waals surface area contributed by atoms with Gasteiger partial charge in [0.05, 0.1) is 12.1 Å². The minimum Gasteiger partial charge on any atom is -0.396 e. The highest BCUT2D eigenvalue weighted by molar-refractivity contribution is 5.94. The van der Waals surface area contributed by atoms with Crippen LogP contribution in [0.25, 0.3) is 0 Å². The maximum atomic E-state index is 13.6. The van der Waals surface area contributed by atoms with E-state index in [1.165, 1.54) is 24.0 Å². The zero-order valence-corrected chi connectivity index (χ0v) is 17.3. The molecule has 1 fully saturated rings. The molecule has 2 aliphatic heterocycles. The van der Waals surface area contributed by atoms with Gasteiger partial charge < -0.3 is 5.11 Å². The molecule has 1 saturated heterocycles. The summed E-state index contributed by atoms with van der Waals surface area (Å²) in [5.41, 5.74) is 3.47. The second-order valence-corrected chi connectivity index (χ2v) is 8.31. The van der Waals surface area contributed by atoms with Crippen molar-refractivity contribution in [1.29, 1.82) is 0 Å². The molecule has 4 heteroatoms. The van der Waals surface area contributed by atoms with Gasteiger partial charge in [-0.25, -0.2) is 5.01 Å².